The Labute approximate surface area is 135 Å². The van der Waals surface area contributed by atoms with Gasteiger partial charge in [0.15, 0.2) is 5.78 Å². The fourth-order valence-corrected chi connectivity index (χ4v) is 2.77. The van der Waals surface area contributed by atoms with Crippen molar-refractivity contribution in [2.24, 2.45) is 17.6 Å². The van der Waals surface area contributed by atoms with Crippen molar-refractivity contribution < 1.29 is 19.2 Å². The number of carbonyl (C=O) groups is 4. The van der Waals surface area contributed by atoms with E-state index in [9.17, 15) is 19.2 Å². The molecule has 5 N–H and O–H groups in total. The van der Waals surface area contributed by atoms with Crippen molar-refractivity contribution in [2.45, 2.75) is 52.1 Å². The zero-order valence-electron chi connectivity index (χ0n) is 14.1. The van der Waals surface area contributed by atoms with Crippen LogP contribution >= 0.6 is 0 Å². The van der Waals surface area contributed by atoms with Gasteiger partial charge in [0, 0.05) is 13.5 Å². The van der Waals surface area contributed by atoms with Gasteiger partial charge >= 0.3 is 6.03 Å². The molecule has 0 saturated heterocycles. The summed E-state index contributed by atoms with van der Waals surface area (Å²) in [5.74, 6) is -0.928. The van der Waals surface area contributed by atoms with E-state index in [1.807, 2.05) is 13.8 Å². The maximum Gasteiger partial charge on any atom is 0.312 e. The molecule has 130 valence electrons. The number of primary amides is 1. The highest BCUT2D eigenvalue weighted by atomic mass is 16.2. The summed E-state index contributed by atoms with van der Waals surface area (Å²) in [4.78, 5) is 46.3. The zero-order chi connectivity index (χ0) is 17.8. The SMILES string of the molecule is CC(=O)N[C@H](C(=O)NC1(C(C)=O)CC1CCNC(N)=O)C(C)C. The molecule has 1 aliphatic carbocycles. The smallest absolute Gasteiger partial charge is 0.312 e. The quantitative estimate of drug-likeness (QED) is 0.486. The summed E-state index contributed by atoms with van der Waals surface area (Å²) in [6.07, 6.45) is 1.08. The van der Waals surface area contributed by atoms with Crippen molar-refractivity contribution >= 4 is 23.6 Å². The van der Waals surface area contributed by atoms with E-state index in [-0.39, 0.29) is 29.4 Å². The van der Waals surface area contributed by atoms with E-state index in [2.05, 4.69) is 16.0 Å². The van der Waals surface area contributed by atoms with Crippen molar-refractivity contribution in [2.75, 3.05) is 6.54 Å². The van der Waals surface area contributed by atoms with Crippen LogP contribution in [0.15, 0.2) is 0 Å². The summed E-state index contributed by atoms with van der Waals surface area (Å²) < 4.78 is 0. The minimum atomic E-state index is -0.901. The number of nitrogens with two attached hydrogens (primary N) is 1. The lowest BCUT2D eigenvalue weighted by Crippen LogP contribution is -2.54. The van der Waals surface area contributed by atoms with Gasteiger partial charge in [0.2, 0.25) is 11.8 Å². The Morgan fingerprint density at radius 1 is 1.22 bits per heavy atom. The first kappa shape index (κ1) is 18.9. The van der Waals surface area contributed by atoms with Crippen molar-refractivity contribution in [3.05, 3.63) is 0 Å². The van der Waals surface area contributed by atoms with E-state index < -0.39 is 17.6 Å². The summed E-state index contributed by atoms with van der Waals surface area (Å²) >= 11 is 0. The molecule has 1 rings (SSSR count). The highest BCUT2D eigenvalue weighted by molar-refractivity contribution is 5.97. The first-order valence-corrected chi connectivity index (χ1v) is 7.73. The highest BCUT2D eigenvalue weighted by Gasteiger charge is 2.58. The molecular weight excluding hydrogens is 300 g/mol. The number of nitrogens with one attached hydrogen (secondary N) is 3. The third kappa shape index (κ3) is 4.94. The fraction of sp³-hybridized carbons (Fsp3) is 0.733. The first-order chi connectivity index (χ1) is 10.6. The van der Waals surface area contributed by atoms with Crippen LogP contribution in [0.4, 0.5) is 4.79 Å². The molecule has 4 amide bonds. The molecule has 0 aromatic rings. The highest BCUT2D eigenvalue weighted by Crippen LogP contribution is 2.46. The molecular formula is C15H26N4O4. The van der Waals surface area contributed by atoms with Gasteiger partial charge in [-0.25, -0.2) is 4.79 Å². The van der Waals surface area contributed by atoms with Gasteiger partial charge in [-0.05, 0) is 31.6 Å². The van der Waals surface area contributed by atoms with Crippen molar-refractivity contribution in [3.8, 4) is 0 Å². The van der Waals surface area contributed by atoms with E-state index in [0.29, 0.717) is 19.4 Å². The molecule has 0 radical (unpaired) electrons. The summed E-state index contributed by atoms with van der Waals surface area (Å²) in [5, 5.41) is 7.87. The zero-order valence-corrected chi connectivity index (χ0v) is 14.1. The molecule has 0 aromatic carbocycles. The number of hydrogen-bond acceptors (Lipinski definition) is 4. The Kier molecular flexibility index (Phi) is 6.12. The second-order valence-electron chi connectivity index (χ2n) is 6.42. The van der Waals surface area contributed by atoms with Gasteiger partial charge in [0.25, 0.3) is 0 Å². The molecule has 2 unspecified atom stereocenters. The third-order valence-electron chi connectivity index (χ3n) is 4.18. The molecule has 0 heterocycles. The van der Waals surface area contributed by atoms with Gasteiger partial charge in [-0.1, -0.05) is 13.8 Å². The van der Waals surface area contributed by atoms with Gasteiger partial charge in [0.05, 0.1) is 0 Å². The lowest BCUT2D eigenvalue weighted by Gasteiger charge is -2.24. The van der Waals surface area contributed by atoms with E-state index in [1.54, 1.807) is 0 Å². The molecule has 0 aliphatic heterocycles. The number of rotatable bonds is 8. The Morgan fingerprint density at radius 3 is 2.26 bits per heavy atom. The average Bonchev–Trinajstić information content (AvgIpc) is 3.09. The monoisotopic (exact) mass is 326 g/mol. The standard InChI is InChI=1S/C15H26N4O4/c1-8(2)12(18-10(4)21)13(22)19-15(9(3)20)7-11(15)5-6-17-14(16)23/h8,11-12H,5-7H2,1-4H3,(H,18,21)(H,19,22)(H3,16,17,23)/t11?,12-,15?/m0/s1. The van der Waals surface area contributed by atoms with Crippen molar-refractivity contribution in [1.82, 2.24) is 16.0 Å². The van der Waals surface area contributed by atoms with Crippen LogP contribution in [0, 0.1) is 11.8 Å². The lowest BCUT2D eigenvalue weighted by molar-refractivity contribution is -0.132. The Bertz CT molecular complexity index is 506. The Morgan fingerprint density at radius 2 is 1.83 bits per heavy atom. The Hall–Kier alpha value is -2.12. The van der Waals surface area contributed by atoms with E-state index >= 15 is 0 Å². The van der Waals surface area contributed by atoms with Crippen LogP contribution in [-0.4, -0.2) is 41.8 Å². The summed E-state index contributed by atoms with van der Waals surface area (Å²) in [7, 11) is 0. The predicted octanol–water partition coefficient (Wildman–Crippen LogP) is -0.331. The molecule has 23 heavy (non-hydrogen) atoms. The number of Topliss-reactive ketones (excluding diaryl/α,β-unsaturated/α-hetero) is 1. The van der Waals surface area contributed by atoms with Gasteiger partial charge in [-0.3, -0.25) is 14.4 Å². The maximum absolute atomic E-state index is 12.4. The van der Waals surface area contributed by atoms with Crippen LogP contribution in [-0.2, 0) is 14.4 Å². The number of carbonyl (C=O) groups excluding carboxylic acids is 4. The number of ketones is 1. The minimum Gasteiger partial charge on any atom is -0.352 e. The molecule has 1 aliphatic rings. The number of urea groups is 1. The molecule has 1 saturated carbocycles. The topological polar surface area (TPSA) is 130 Å². The van der Waals surface area contributed by atoms with Gasteiger partial charge < -0.3 is 21.7 Å². The van der Waals surface area contributed by atoms with Crippen LogP contribution in [0.25, 0.3) is 0 Å². The number of amides is 4. The number of hydrogen-bond donors (Lipinski definition) is 4. The first-order valence-electron chi connectivity index (χ1n) is 7.73. The second kappa shape index (κ2) is 7.43. The molecule has 8 nitrogen and oxygen atoms in total. The second-order valence-corrected chi connectivity index (χ2v) is 6.42. The molecule has 3 atom stereocenters. The fourth-order valence-electron chi connectivity index (χ4n) is 2.77. The van der Waals surface area contributed by atoms with Crippen LogP contribution in [0.1, 0.15) is 40.5 Å². The normalized spacial score (nSPS) is 23.8. The van der Waals surface area contributed by atoms with Gasteiger partial charge in [-0.2, -0.15) is 0 Å². The largest absolute Gasteiger partial charge is 0.352 e. The van der Waals surface area contributed by atoms with E-state index in [4.69, 9.17) is 5.73 Å². The minimum absolute atomic E-state index is 0.0408. The van der Waals surface area contributed by atoms with Gasteiger partial charge in [-0.15, -0.1) is 0 Å². The average molecular weight is 326 g/mol. The van der Waals surface area contributed by atoms with Crippen LogP contribution in [0.3, 0.4) is 0 Å². The summed E-state index contributed by atoms with van der Waals surface area (Å²) in [6, 6.07) is -1.30. The molecule has 0 bridgehead atoms. The Balaban J connectivity index is 2.70. The predicted molar refractivity (Wildman–Crippen MR) is 84.3 cm³/mol. The van der Waals surface area contributed by atoms with Crippen LogP contribution in [0.5, 0.6) is 0 Å². The third-order valence-corrected chi connectivity index (χ3v) is 4.18. The maximum atomic E-state index is 12.4. The van der Waals surface area contributed by atoms with Gasteiger partial charge in [0.1, 0.15) is 11.6 Å². The van der Waals surface area contributed by atoms with Crippen molar-refractivity contribution in [3.63, 3.8) is 0 Å². The van der Waals surface area contributed by atoms with Crippen LogP contribution in [0.2, 0.25) is 0 Å². The van der Waals surface area contributed by atoms with E-state index in [0.717, 1.165) is 0 Å². The van der Waals surface area contributed by atoms with Crippen molar-refractivity contribution in [1.29, 1.82) is 0 Å². The lowest BCUT2D eigenvalue weighted by atomic mass is 10.0. The molecule has 0 aromatic heterocycles. The summed E-state index contributed by atoms with van der Waals surface area (Å²) in [6.45, 7) is 6.77. The van der Waals surface area contributed by atoms with E-state index in [1.165, 1.54) is 13.8 Å². The summed E-state index contributed by atoms with van der Waals surface area (Å²) in [5.41, 5.74) is 4.10. The molecule has 8 heteroatoms. The molecule has 0 spiro atoms. The van der Waals surface area contributed by atoms with Crippen LogP contribution < -0.4 is 21.7 Å². The molecule has 1 fully saturated rings.